The minimum atomic E-state index is -0.410. The maximum atomic E-state index is 12.0. The Labute approximate surface area is 129 Å². The molecular weight excluding hydrogens is 288 g/mol. The Balaban J connectivity index is 2.43. The molecule has 0 unspecified atom stereocenters. The lowest BCUT2D eigenvalue weighted by Crippen LogP contribution is -2.35. The molecule has 1 amide bonds. The highest BCUT2D eigenvalue weighted by Crippen LogP contribution is 2.12. The van der Waals surface area contributed by atoms with E-state index < -0.39 is 5.97 Å². The molecule has 0 atom stereocenters. The molecule has 0 aliphatic carbocycles. The van der Waals surface area contributed by atoms with Crippen LogP contribution in [0.25, 0.3) is 0 Å². The fraction of sp³-hybridized carbons (Fsp3) is 0.467. The molecule has 0 N–H and O–H groups in total. The Morgan fingerprint density at radius 3 is 2.81 bits per heavy atom. The summed E-state index contributed by atoms with van der Waals surface area (Å²) < 4.78 is 4.55. The topological polar surface area (TPSA) is 49.9 Å². The summed E-state index contributed by atoms with van der Waals surface area (Å²) in [6, 6.07) is 4.09. The second-order valence-corrected chi connectivity index (χ2v) is 5.71. The SMILES string of the molecule is C=CCN(CCC(=O)N(C)CC(=O)OC)Cc1cccs1. The van der Waals surface area contributed by atoms with Crippen molar-refractivity contribution < 1.29 is 14.3 Å². The number of thiophene rings is 1. The maximum absolute atomic E-state index is 12.0. The van der Waals surface area contributed by atoms with Crippen molar-refractivity contribution in [2.75, 3.05) is 33.8 Å². The lowest BCUT2D eigenvalue weighted by molar-refractivity contribution is -0.146. The van der Waals surface area contributed by atoms with Gasteiger partial charge in [-0.25, -0.2) is 0 Å². The number of carbonyl (C=O) groups is 2. The highest BCUT2D eigenvalue weighted by atomic mass is 32.1. The maximum Gasteiger partial charge on any atom is 0.325 e. The van der Waals surface area contributed by atoms with Crippen LogP contribution in [-0.4, -0.2) is 55.5 Å². The average Bonchev–Trinajstić information content (AvgIpc) is 2.97. The summed E-state index contributed by atoms with van der Waals surface area (Å²) in [6.07, 6.45) is 2.20. The smallest absolute Gasteiger partial charge is 0.325 e. The van der Waals surface area contributed by atoms with E-state index in [0.29, 0.717) is 13.0 Å². The third kappa shape index (κ3) is 6.55. The van der Waals surface area contributed by atoms with Crippen molar-refractivity contribution in [1.82, 2.24) is 9.80 Å². The summed E-state index contributed by atoms with van der Waals surface area (Å²) in [7, 11) is 2.92. The van der Waals surface area contributed by atoms with E-state index in [4.69, 9.17) is 0 Å². The Morgan fingerprint density at radius 1 is 1.48 bits per heavy atom. The standard InChI is InChI=1S/C15H22N2O3S/c1-4-8-17(11-13-6-5-10-21-13)9-7-14(18)16(2)12-15(19)20-3/h4-6,10H,1,7-9,11-12H2,2-3H3. The van der Waals surface area contributed by atoms with Crippen LogP contribution >= 0.6 is 11.3 Å². The summed E-state index contributed by atoms with van der Waals surface area (Å²) in [5.74, 6) is -0.479. The zero-order chi connectivity index (χ0) is 15.7. The third-order valence-corrected chi connectivity index (χ3v) is 3.87. The molecular formula is C15H22N2O3S. The second kappa shape index (κ2) is 9.31. The number of hydrogen-bond acceptors (Lipinski definition) is 5. The van der Waals surface area contributed by atoms with Crippen molar-refractivity contribution in [3.05, 3.63) is 35.0 Å². The quantitative estimate of drug-likeness (QED) is 0.515. The van der Waals surface area contributed by atoms with Gasteiger partial charge in [-0.3, -0.25) is 14.5 Å². The van der Waals surface area contributed by atoms with Crippen molar-refractivity contribution in [2.45, 2.75) is 13.0 Å². The molecule has 1 aromatic heterocycles. The van der Waals surface area contributed by atoms with Gasteiger partial charge in [0.05, 0.1) is 7.11 Å². The van der Waals surface area contributed by atoms with Gasteiger partial charge in [-0.2, -0.15) is 0 Å². The summed E-state index contributed by atoms with van der Waals surface area (Å²) in [5.41, 5.74) is 0. The number of hydrogen-bond donors (Lipinski definition) is 0. The van der Waals surface area contributed by atoms with Gasteiger partial charge in [0.15, 0.2) is 0 Å². The zero-order valence-corrected chi connectivity index (χ0v) is 13.4. The second-order valence-electron chi connectivity index (χ2n) is 4.68. The van der Waals surface area contributed by atoms with Crippen LogP contribution in [0.2, 0.25) is 0 Å². The summed E-state index contributed by atoms with van der Waals surface area (Å²) in [5, 5.41) is 2.04. The minimum Gasteiger partial charge on any atom is -0.468 e. The Hall–Kier alpha value is -1.66. The molecule has 116 valence electrons. The van der Waals surface area contributed by atoms with E-state index >= 15 is 0 Å². The van der Waals surface area contributed by atoms with Gasteiger partial charge in [0.1, 0.15) is 6.54 Å². The fourth-order valence-electron chi connectivity index (χ4n) is 1.83. The van der Waals surface area contributed by atoms with Crippen LogP contribution < -0.4 is 0 Å². The van der Waals surface area contributed by atoms with Crippen LogP contribution in [0.1, 0.15) is 11.3 Å². The number of amides is 1. The molecule has 0 aromatic carbocycles. The lowest BCUT2D eigenvalue weighted by atomic mass is 10.3. The normalized spacial score (nSPS) is 10.4. The first-order valence-electron chi connectivity index (χ1n) is 6.73. The highest BCUT2D eigenvalue weighted by molar-refractivity contribution is 7.09. The molecule has 0 saturated carbocycles. The molecule has 0 aliphatic heterocycles. The van der Waals surface area contributed by atoms with Gasteiger partial charge < -0.3 is 9.64 Å². The molecule has 0 bridgehead atoms. The van der Waals surface area contributed by atoms with Gasteiger partial charge in [-0.15, -0.1) is 17.9 Å². The van der Waals surface area contributed by atoms with Gasteiger partial charge in [-0.05, 0) is 11.4 Å². The molecule has 21 heavy (non-hydrogen) atoms. The first kappa shape index (κ1) is 17.4. The molecule has 0 radical (unpaired) electrons. The average molecular weight is 310 g/mol. The molecule has 0 aliphatic rings. The Kier molecular flexibility index (Phi) is 7.71. The van der Waals surface area contributed by atoms with Gasteiger partial charge >= 0.3 is 5.97 Å². The summed E-state index contributed by atoms with van der Waals surface area (Å²) >= 11 is 1.70. The summed E-state index contributed by atoms with van der Waals surface area (Å²) in [4.78, 5) is 27.9. The molecule has 1 aromatic rings. The van der Waals surface area contributed by atoms with Crippen LogP contribution in [0.3, 0.4) is 0 Å². The van der Waals surface area contributed by atoms with Crippen molar-refractivity contribution in [3.63, 3.8) is 0 Å². The number of carbonyl (C=O) groups excluding carboxylic acids is 2. The van der Waals surface area contributed by atoms with Gasteiger partial charge in [-0.1, -0.05) is 12.1 Å². The van der Waals surface area contributed by atoms with E-state index in [1.54, 1.807) is 18.4 Å². The number of esters is 1. The third-order valence-electron chi connectivity index (χ3n) is 3.01. The van der Waals surface area contributed by atoms with Crippen LogP contribution in [0, 0.1) is 0 Å². The van der Waals surface area contributed by atoms with E-state index in [1.807, 2.05) is 17.5 Å². The summed E-state index contributed by atoms with van der Waals surface area (Å²) in [6.45, 7) is 5.90. The Bertz CT molecular complexity index is 459. The minimum absolute atomic E-state index is 0.0122. The molecule has 1 rings (SSSR count). The van der Waals surface area contributed by atoms with Gasteiger partial charge in [0.25, 0.3) is 0 Å². The molecule has 5 nitrogen and oxygen atoms in total. The predicted octanol–water partition coefficient (Wildman–Crippen LogP) is 1.76. The van der Waals surface area contributed by atoms with E-state index in [0.717, 1.165) is 13.1 Å². The van der Waals surface area contributed by atoms with Gasteiger partial charge in [0.2, 0.25) is 5.91 Å². The van der Waals surface area contributed by atoms with E-state index in [-0.39, 0.29) is 12.5 Å². The van der Waals surface area contributed by atoms with E-state index in [1.165, 1.54) is 16.9 Å². The number of methoxy groups -OCH3 is 1. The predicted molar refractivity (Wildman–Crippen MR) is 84.1 cm³/mol. The number of nitrogens with zero attached hydrogens (tertiary/aromatic N) is 2. The van der Waals surface area contributed by atoms with Crippen molar-refractivity contribution in [3.8, 4) is 0 Å². The first-order valence-corrected chi connectivity index (χ1v) is 7.61. The number of rotatable bonds is 9. The van der Waals surface area contributed by atoms with Crippen LogP contribution in [0.5, 0.6) is 0 Å². The molecule has 0 spiro atoms. The molecule has 0 fully saturated rings. The molecule has 0 saturated heterocycles. The first-order chi connectivity index (χ1) is 10.1. The number of likely N-dealkylation sites (N-methyl/N-ethyl adjacent to an activating group) is 1. The van der Waals surface area contributed by atoms with Crippen molar-refractivity contribution in [1.29, 1.82) is 0 Å². The highest BCUT2D eigenvalue weighted by Gasteiger charge is 2.14. The van der Waals surface area contributed by atoms with Crippen LogP contribution in [-0.2, 0) is 20.9 Å². The Morgan fingerprint density at radius 2 is 2.24 bits per heavy atom. The van der Waals surface area contributed by atoms with Crippen molar-refractivity contribution >= 4 is 23.2 Å². The van der Waals surface area contributed by atoms with Gasteiger partial charge in [0, 0.05) is 38.0 Å². The monoisotopic (exact) mass is 310 g/mol. The molecule has 1 heterocycles. The fourth-order valence-corrected chi connectivity index (χ4v) is 2.58. The molecule has 6 heteroatoms. The van der Waals surface area contributed by atoms with E-state index in [9.17, 15) is 9.59 Å². The van der Waals surface area contributed by atoms with Crippen molar-refractivity contribution in [2.24, 2.45) is 0 Å². The lowest BCUT2D eigenvalue weighted by Gasteiger charge is -2.21. The van der Waals surface area contributed by atoms with Crippen LogP contribution in [0.15, 0.2) is 30.2 Å². The zero-order valence-electron chi connectivity index (χ0n) is 12.6. The largest absolute Gasteiger partial charge is 0.468 e. The van der Waals surface area contributed by atoms with Crippen LogP contribution in [0.4, 0.5) is 0 Å². The van der Waals surface area contributed by atoms with E-state index in [2.05, 4.69) is 22.3 Å². The number of ether oxygens (including phenoxy) is 1.